The van der Waals surface area contributed by atoms with Crippen molar-refractivity contribution in [3.05, 3.63) is 60.2 Å². The number of nitrogens with zero attached hydrogens (tertiary/aromatic N) is 1. The number of benzene rings is 2. The Morgan fingerprint density at radius 1 is 1.14 bits per heavy atom. The zero-order valence-electron chi connectivity index (χ0n) is 15.9. The van der Waals surface area contributed by atoms with Crippen molar-refractivity contribution in [3.63, 3.8) is 0 Å². The maximum atomic E-state index is 12.8. The summed E-state index contributed by atoms with van der Waals surface area (Å²) in [5, 5.41) is 5.96. The molecule has 7 heteroatoms. The number of hydrogen-bond acceptors (Lipinski definition) is 5. The van der Waals surface area contributed by atoms with Gasteiger partial charge in [-0.05, 0) is 18.2 Å². The average molecular weight is 383 g/mol. The Bertz CT molecular complexity index is 797. The van der Waals surface area contributed by atoms with Crippen molar-refractivity contribution in [2.45, 2.75) is 6.04 Å². The number of para-hydroxylation sites is 2. The van der Waals surface area contributed by atoms with Crippen LogP contribution in [0.4, 0.5) is 0 Å². The summed E-state index contributed by atoms with van der Waals surface area (Å²) in [6.45, 7) is 1.72. The number of hydrogen-bond donors (Lipinski definition) is 2. The van der Waals surface area contributed by atoms with Gasteiger partial charge in [-0.1, -0.05) is 36.4 Å². The molecule has 1 aliphatic rings. The van der Waals surface area contributed by atoms with Crippen LogP contribution in [0.5, 0.6) is 11.5 Å². The van der Waals surface area contributed by atoms with Crippen LogP contribution >= 0.6 is 0 Å². The van der Waals surface area contributed by atoms with E-state index in [1.165, 1.54) is 0 Å². The summed E-state index contributed by atoms with van der Waals surface area (Å²) in [6.07, 6.45) is 0. The van der Waals surface area contributed by atoms with Crippen molar-refractivity contribution in [2.24, 2.45) is 0 Å². The normalized spacial score (nSPS) is 16.3. The fourth-order valence-corrected chi connectivity index (χ4v) is 3.21. The number of ether oxygens (including phenoxy) is 2. The Morgan fingerprint density at radius 2 is 1.89 bits per heavy atom. The maximum absolute atomic E-state index is 12.8. The third-order valence-electron chi connectivity index (χ3n) is 4.61. The van der Waals surface area contributed by atoms with E-state index in [9.17, 15) is 9.59 Å². The molecule has 0 aliphatic carbocycles. The molecule has 2 aromatic carbocycles. The molecule has 0 bridgehead atoms. The molecule has 1 saturated heterocycles. The number of methoxy groups -OCH3 is 1. The van der Waals surface area contributed by atoms with Crippen LogP contribution in [0.2, 0.25) is 0 Å². The molecule has 3 rings (SSSR count). The molecule has 1 atom stereocenters. The first-order chi connectivity index (χ1) is 13.7. The van der Waals surface area contributed by atoms with Crippen molar-refractivity contribution in [1.82, 2.24) is 15.5 Å². The van der Waals surface area contributed by atoms with Crippen molar-refractivity contribution < 1.29 is 19.1 Å². The van der Waals surface area contributed by atoms with Crippen molar-refractivity contribution in [2.75, 3.05) is 39.9 Å². The van der Waals surface area contributed by atoms with Crippen LogP contribution in [0.15, 0.2) is 54.6 Å². The molecule has 1 unspecified atom stereocenters. The number of carbonyl (C=O) groups is 2. The Labute approximate surface area is 164 Å². The third-order valence-corrected chi connectivity index (χ3v) is 4.61. The predicted octanol–water partition coefficient (Wildman–Crippen LogP) is 1.36. The van der Waals surface area contributed by atoms with Crippen LogP contribution in [-0.2, 0) is 9.59 Å². The van der Waals surface area contributed by atoms with E-state index in [1.807, 2.05) is 42.5 Å². The summed E-state index contributed by atoms with van der Waals surface area (Å²) in [6, 6.07) is 16.6. The maximum Gasteiger partial charge on any atom is 0.258 e. The highest BCUT2D eigenvalue weighted by atomic mass is 16.5. The third kappa shape index (κ3) is 5.01. The number of piperazine rings is 1. The van der Waals surface area contributed by atoms with Crippen LogP contribution in [0, 0.1) is 0 Å². The lowest BCUT2D eigenvalue weighted by Crippen LogP contribution is -2.51. The zero-order chi connectivity index (χ0) is 19.8. The number of carbonyl (C=O) groups excluding carboxylic acids is 2. The molecule has 2 aromatic rings. The summed E-state index contributed by atoms with van der Waals surface area (Å²) < 4.78 is 10.8. The summed E-state index contributed by atoms with van der Waals surface area (Å²) in [7, 11) is 1.62. The van der Waals surface area contributed by atoms with Gasteiger partial charge in [0.15, 0.2) is 6.61 Å². The molecule has 1 heterocycles. The summed E-state index contributed by atoms with van der Waals surface area (Å²) in [4.78, 5) is 26.6. The molecule has 1 fully saturated rings. The van der Waals surface area contributed by atoms with E-state index >= 15 is 0 Å². The summed E-state index contributed by atoms with van der Waals surface area (Å²) >= 11 is 0. The van der Waals surface area contributed by atoms with Gasteiger partial charge in [-0.25, -0.2) is 0 Å². The molecule has 0 radical (unpaired) electrons. The Morgan fingerprint density at radius 3 is 2.68 bits per heavy atom. The van der Waals surface area contributed by atoms with Gasteiger partial charge in [-0.3, -0.25) is 9.59 Å². The lowest BCUT2D eigenvalue weighted by atomic mass is 10.0. The molecule has 28 heavy (non-hydrogen) atoms. The van der Waals surface area contributed by atoms with E-state index in [1.54, 1.807) is 24.1 Å². The van der Waals surface area contributed by atoms with Gasteiger partial charge in [0.25, 0.3) is 5.91 Å². The van der Waals surface area contributed by atoms with E-state index in [4.69, 9.17) is 9.47 Å². The van der Waals surface area contributed by atoms with Gasteiger partial charge in [-0.15, -0.1) is 0 Å². The largest absolute Gasteiger partial charge is 0.496 e. The molecule has 0 aromatic heterocycles. The smallest absolute Gasteiger partial charge is 0.258 e. The summed E-state index contributed by atoms with van der Waals surface area (Å²) in [5.41, 5.74) is 0.948. The highest BCUT2D eigenvalue weighted by Gasteiger charge is 2.29. The van der Waals surface area contributed by atoms with Gasteiger partial charge >= 0.3 is 0 Å². The number of amides is 2. The molecular weight excluding hydrogens is 358 g/mol. The molecule has 148 valence electrons. The fraction of sp³-hybridized carbons (Fsp3) is 0.333. The van der Waals surface area contributed by atoms with Gasteiger partial charge in [-0.2, -0.15) is 0 Å². The van der Waals surface area contributed by atoms with Crippen molar-refractivity contribution >= 4 is 11.8 Å². The highest BCUT2D eigenvalue weighted by Crippen LogP contribution is 2.30. The van der Waals surface area contributed by atoms with Crippen LogP contribution < -0.4 is 20.1 Å². The fourth-order valence-electron chi connectivity index (χ4n) is 3.21. The Hall–Kier alpha value is -3.06. The molecule has 0 saturated carbocycles. The second kappa shape index (κ2) is 9.75. The van der Waals surface area contributed by atoms with E-state index in [0.717, 1.165) is 11.3 Å². The number of rotatable bonds is 7. The molecule has 2 amide bonds. The molecular formula is C21H25N3O4. The SMILES string of the molecule is COc1ccccc1C1CNCCN1C(=O)CNC(=O)COc1ccccc1. The second-order valence-electron chi connectivity index (χ2n) is 6.43. The molecule has 0 spiro atoms. The van der Waals surface area contributed by atoms with Gasteiger partial charge < -0.3 is 25.0 Å². The van der Waals surface area contributed by atoms with E-state index < -0.39 is 0 Å². The van der Waals surface area contributed by atoms with Crippen LogP contribution in [0.25, 0.3) is 0 Å². The highest BCUT2D eigenvalue weighted by molar-refractivity contribution is 5.85. The Kier molecular flexibility index (Phi) is 6.86. The van der Waals surface area contributed by atoms with Crippen LogP contribution in [-0.4, -0.2) is 56.6 Å². The van der Waals surface area contributed by atoms with E-state index in [2.05, 4.69) is 10.6 Å². The van der Waals surface area contributed by atoms with E-state index in [-0.39, 0.29) is 31.0 Å². The lowest BCUT2D eigenvalue weighted by molar-refractivity contribution is -0.136. The van der Waals surface area contributed by atoms with Gasteiger partial charge in [0, 0.05) is 25.2 Å². The first kappa shape index (κ1) is 19.7. The second-order valence-corrected chi connectivity index (χ2v) is 6.43. The number of nitrogens with one attached hydrogen (secondary N) is 2. The molecule has 7 nitrogen and oxygen atoms in total. The standard InChI is InChI=1S/C21H25N3O4/c1-27-19-10-6-5-9-17(19)18-13-22-11-12-24(18)21(26)14-23-20(25)15-28-16-7-3-2-4-8-16/h2-10,18,22H,11-15H2,1H3,(H,23,25). The topological polar surface area (TPSA) is 79.9 Å². The minimum Gasteiger partial charge on any atom is -0.496 e. The van der Waals surface area contributed by atoms with Crippen LogP contribution in [0.3, 0.4) is 0 Å². The lowest BCUT2D eigenvalue weighted by Gasteiger charge is -2.37. The zero-order valence-corrected chi connectivity index (χ0v) is 15.9. The first-order valence-corrected chi connectivity index (χ1v) is 9.26. The van der Waals surface area contributed by atoms with Gasteiger partial charge in [0.1, 0.15) is 11.5 Å². The molecule has 2 N–H and O–H groups in total. The van der Waals surface area contributed by atoms with Crippen molar-refractivity contribution in [1.29, 1.82) is 0 Å². The minimum atomic E-state index is -0.332. The van der Waals surface area contributed by atoms with Crippen LogP contribution in [0.1, 0.15) is 11.6 Å². The Balaban J connectivity index is 1.56. The first-order valence-electron chi connectivity index (χ1n) is 9.26. The van der Waals surface area contributed by atoms with Crippen molar-refractivity contribution in [3.8, 4) is 11.5 Å². The van der Waals surface area contributed by atoms with Gasteiger partial charge in [0.2, 0.25) is 5.91 Å². The quantitative estimate of drug-likeness (QED) is 0.755. The average Bonchev–Trinajstić information content (AvgIpc) is 2.76. The summed E-state index contributed by atoms with van der Waals surface area (Å²) in [5.74, 6) is 0.892. The minimum absolute atomic E-state index is 0.0668. The monoisotopic (exact) mass is 383 g/mol. The predicted molar refractivity (Wildman–Crippen MR) is 105 cm³/mol. The van der Waals surface area contributed by atoms with Gasteiger partial charge in [0.05, 0.1) is 19.7 Å². The molecule has 1 aliphatic heterocycles. The van der Waals surface area contributed by atoms with E-state index in [0.29, 0.717) is 25.4 Å².